The molecule has 7 heteroatoms. The Morgan fingerprint density at radius 1 is 1.31 bits per heavy atom. The second-order valence-electron chi connectivity index (χ2n) is 7.76. The maximum absolute atomic E-state index is 12.7. The SMILES string of the molecule is CC(C)Cc1nc(CCOC2CCCN(C(=O)C3CCOCC3)C2)no1. The largest absolute Gasteiger partial charge is 0.381 e. The summed E-state index contributed by atoms with van der Waals surface area (Å²) in [7, 11) is 0. The number of aromatic nitrogens is 2. The molecule has 1 unspecified atom stereocenters. The fourth-order valence-corrected chi connectivity index (χ4v) is 3.62. The van der Waals surface area contributed by atoms with Crippen LogP contribution >= 0.6 is 0 Å². The molecule has 0 bridgehead atoms. The maximum atomic E-state index is 12.7. The van der Waals surface area contributed by atoms with Gasteiger partial charge in [-0.1, -0.05) is 19.0 Å². The summed E-state index contributed by atoms with van der Waals surface area (Å²) in [6, 6.07) is 0. The quantitative estimate of drug-likeness (QED) is 0.737. The number of amides is 1. The Balaban J connectivity index is 1.40. The monoisotopic (exact) mass is 365 g/mol. The van der Waals surface area contributed by atoms with Crippen molar-refractivity contribution in [1.29, 1.82) is 0 Å². The van der Waals surface area contributed by atoms with Gasteiger partial charge < -0.3 is 18.9 Å². The van der Waals surface area contributed by atoms with Crippen LogP contribution < -0.4 is 0 Å². The van der Waals surface area contributed by atoms with E-state index in [0.717, 1.165) is 38.6 Å². The van der Waals surface area contributed by atoms with Crippen molar-refractivity contribution < 1.29 is 18.8 Å². The first kappa shape index (κ1) is 19.3. The van der Waals surface area contributed by atoms with Crippen LogP contribution in [0.25, 0.3) is 0 Å². The molecule has 0 saturated carbocycles. The standard InChI is InChI=1S/C19H31N3O4/c1-14(2)12-18-20-17(21-26-18)7-11-25-16-4-3-8-22(13-16)19(23)15-5-9-24-10-6-15/h14-16H,3-13H2,1-2H3. The lowest BCUT2D eigenvalue weighted by molar-refractivity contribution is -0.142. The highest BCUT2D eigenvalue weighted by Crippen LogP contribution is 2.21. The topological polar surface area (TPSA) is 77.7 Å². The van der Waals surface area contributed by atoms with Crippen LogP contribution in [0.5, 0.6) is 0 Å². The number of carbonyl (C=O) groups excluding carboxylic acids is 1. The summed E-state index contributed by atoms with van der Waals surface area (Å²) < 4.78 is 16.6. The maximum Gasteiger partial charge on any atom is 0.226 e. The van der Waals surface area contributed by atoms with E-state index in [9.17, 15) is 4.79 Å². The highest BCUT2D eigenvalue weighted by molar-refractivity contribution is 5.79. The van der Waals surface area contributed by atoms with Crippen LogP contribution in [0.2, 0.25) is 0 Å². The molecule has 7 nitrogen and oxygen atoms in total. The van der Waals surface area contributed by atoms with Gasteiger partial charge >= 0.3 is 0 Å². The summed E-state index contributed by atoms with van der Waals surface area (Å²) >= 11 is 0. The summed E-state index contributed by atoms with van der Waals surface area (Å²) in [6.45, 7) is 7.76. The molecule has 2 aliphatic heterocycles. The third-order valence-corrected chi connectivity index (χ3v) is 5.03. The Labute approximate surface area is 155 Å². The van der Waals surface area contributed by atoms with Crippen molar-refractivity contribution in [3.8, 4) is 0 Å². The van der Waals surface area contributed by atoms with Gasteiger partial charge in [-0.25, -0.2) is 0 Å². The highest BCUT2D eigenvalue weighted by atomic mass is 16.5. The molecule has 2 fully saturated rings. The Kier molecular flexibility index (Phi) is 7.02. The van der Waals surface area contributed by atoms with Crippen LogP contribution in [0.1, 0.15) is 51.2 Å². The van der Waals surface area contributed by atoms with Crippen LogP contribution in [-0.4, -0.2) is 60.0 Å². The van der Waals surface area contributed by atoms with E-state index in [4.69, 9.17) is 14.0 Å². The molecule has 0 spiro atoms. The van der Waals surface area contributed by atoms with Crippen LogP contribution in [0.4, 0.5) is 0 Å². The first-order valence-corrected chi connectivity index (χ1v) is 9.91. The third kappa shape index (κ3) is 5.51. The van der Waals surface area contributed by atoms with Gasteiger partial charge in [0.2, 0.25) is 11.8 Å². The van der Waals surface area contributed by atoms with Crippen molar-refractivity contribution in [2.45, 2.75) is 58.5 Å². The van der Waals surface area contributed by atoms with Gasteiger partial charge in [0.1, 0.15) is 0 Å². The van der Waals surface area contributed by atoms with Crippen molar-refractivity contribution in [3.05, 3.63) is 11.7 Å². The summed E-state index contributed by atoms with van der Waals surface area (Å²) in [5, 5.41) is 4.01. The summed E-state index contributed by atoms with van der Waals surface area (Å²) in [5.74, 6) is 2.30. The number of piperidine rings is 1. The fourth-order valence-electron chi connectivity index (χ4n) is 3.62. The zero-order chi connectivity index (χ0) is 18.4. The minimum Gasteiger partial charge on any atom is -0.381 e. The molecule has 2 saturated heterocycles. The van der Waals surface area contributed by atoms with Crippen molar-refractivity contribution in [3.63, 3.8) is 0 Å². The van der Waals surface area contributed by atoms with E-state index in [2.05, 4.69) is 24.0 Å². The normalized spacial score (nSPS) is 22.1. The van der Waals surface area contributed by atoms with Gasteiger partial charge in [0.05, 0.1) is 12.7 Å². The van der Waals surface area contributed by atoms with Crippen molar-refractivity contribution in [1.82, 2.24) is 15.0 Å². The third-order valence-electron chi connectivity index (χ3n) is 5.03. The highest BCUT2D eigenvalue weighted by Gasteiger charge is 2.30. The predicted octanol–water partition coefficient (Wildman–Crippen LogP) is 2.24. The second-order valence-corrected chi connectivity index (χ2v) is 7.76. The number of hydrogen-bond acceptors (Lipinski definition) is 6. The summed E-state index contributed by atoms with van der Waals surface area (Å²) in [6.07, 6.45) is 5.25. The lowest BCUT2D eigenvalue weighted by Crippen LogP contribution is -2.46. The fraction of sp³-hybridized carbons (Fsp3) is 0.842. The van der Waals surface area contributed by atoms with Gasteiger partial charge in [-0.05, 0) is 31.6 Å². The molecule has 26 heavy (non-hydrogen) atoms. The van der Waals surface area contributed by atoms with E-state index in [-0.39, 0.29) is 17.9 Å². The minimum atomic E-state index is 0.106. The number of rotatable bonds is 7. The van der Waals surface area contributed by atoms with E-state index in [1.54, 1.807) is 0 Å². The second kappa shape index (κ2) is 9.46. The first-order chi connectivity index (χ1) is 12.6. The molecule has 1 aromatic heterocycles. The molecule has 0 N–H and O–H groups in total. The molecule has 2 aliphatic rings. The average Bonchev–Trinajstić information content (AvgIpc) is 3.08. The van der Waals surface area contributed by atoms with Gasteiger partial charge in [-0.3, -0.25) is 4.79 Å². The first-order valence-electron chi connectivity index (χ1n) is 9.91. The van der Waals surface area contributed by atoms with Crippen molar-refractivity contribution in [2.75, 3.05) is 32.9 Å². The van der Waals surface area contributed by atoms with Crippen LogP contribution in [0.15, 0.2) is 4.52 Å². The Morgan fingerprint density at radius 3 is 2.88 bits per heavy atom. The lowest BCUT2D eigenvalue weighted by Gasteiger charge is -2.35. The van der Waals surface area contributed by atoms with Crippen LogP contribution in [0, 0.1) is 11.8 Å². The average molecular weight is 365 g/mol. The van der Waals surface area contributed by atoms with E-state index in [1.165, 1.54) is 0 Å². The molecule has 0 aliphatic carbocycles. The smallest absolute Gasteiger partial charge is 0.226 e. The van der Waals surface area contributed by atoms with E-state index in [1.807, 2.05) is 4.90 Å². The van der Waals surface area contributed by atoms with Gasteiger partial charge in [0, 0.05) is 45.1 Å². The van der Waals surface area contributed by atoms with E-state index in [0.29, 0.717) is 50.4 Å². The van der Waals surface area contributed by atoms with E-state index >= 15 is 0 Å². The summed E-state index contributed by atoms with van der Waals surface area (Å²) in [4.78, 5) is 19.1. The van der Waals surface area contributed by atoms with Crippen LogP contribution in [-0.2, 0) is 27.1 Å². The summed E-state index contributed by atoms with van der Waals surface area (Å²) in [5.41, 5.74) is 0. The molecular formula is C19H31N3O4. The lowest BCUT2D eigenvalue weighted by atomic mass is 9.97. The number of carbonyl (C=O) groups is 1. The number of likely N-dealkylation sites (tertiary alicyclic amines) is 1. The molecule has 0 aromatic carbocycles. The molecule has 3 rings (SSSR count). The van der Waals surface area contributed by atoms with Crippen molar-refractivity contribution in [2.24, 2.45) is 11.8 Å². The number of hydrogen-bond donors (Lipinski definition) is 0. The molecule has 0 radical (unpaired) electrons. The van der Waals surface area contributed by atoms with Gasteiger partial charge in [-0.2, -0.15) is 4.98 Å². The molecule has 1 amide bonds. The predicted molar refractivity (Wildman–Crippen MR) is 95.6 cm³/mol. The molecular weight excluding hydrogens is 334 g/mol. The minimum absolute atomic E-state index is 0.106. The van der Waals surface area contributed by atoms with E-state index < -0.39 is 0 Å². The van der Waals surface area contributed by atoms with Crippen molar-refractivity contribution >= 4 is 5.91 Å². The van der Waals surface area contributed by atoms with Crippen LogP contribution in [0.3, 0.4) is 0 Å². The Hall–Kier alpha value is -1.47. The molecule has 146 valence electrons. The number of nitrogens with zero attached hydrogens (tertiary/aromatic N) is 3. The van der Waals surface area contributed by atoms with Gasteiger partial charge in [-0.15, -0.1) is 0 Å². The Morgan fingerprint density at radius 2 is 2.12 bits per heavy atom. The van der Waals surface area contributed by atoms with Gasteiger partial charge in [0.25, 0.3) is 0 Å². The molecule has 1 atom stereocenters. The number of ether oxygens (including phenoxy) is 2. The molecule has 1 aromatic rings. The Bertz CT molecular complexity index is 569. The zero-order valence-corrected chi connectivity index (χ0v) is 16.0. The van der Waals surface area contributed by atoms with Gasteiger partial charge in [0.15, 0.2) is 5.82 Å². The molecule has 3 heterocycles. The zero-order valence-electron chi connectivity index (χ0n) is 16.0.